The van der Waals surface area contributed by atoms with Gasteiger partial charge in [-0.05, 0) is 30.4 Å². The van der Waals surface area contributed by atoms with Gasteiger partial charge in [0, 0.05) is 23.7 Å². The number of hydrogen-bond donors (Lipinski definition) is 1. The number of hydrogen-bond acceptors (Lipinski definition) is 3. The second kappa shape index (κ2) is 6.70. The molecule has 4 nitrogen and oxygen atoms in total. The highest BCUT2D eigenvalue weighted by molar-refractivity contribution is 7.10. The Morgan fingerprint density at radius 1 is 1.40 bits per heavy atom. The molecule has 0 saturated heterocycles. The SMILES string of the molecule is CC(C)C(NC(=O)CC(C)n1cccn1)c1cccs1. The monoisotopic (exact) mass is 291 g/mol. The number of thiophene rings is 1. The van der Waals surface area contributed by atoms with E-state index in [2.05, 4.69) is 30.3 Å². The zero-order valence-electron chi connectivity index (χ0n) is 12.1. The second-order valence-electron chi connectivity index (χ2n) is 5.34. The zero-order chi connectivity index (χ0) is 14.5. The van der Waals surface area contributed by atoms with Gasteiger partial charge in [-0.2, -0.15) is 5.10 Å². The molecule has 108 valence electrons. The molecule has 2 unspecified atom stereocenters. The minimum Gasteiger partial charge on any atom is -0.348 e. The van der Waals surface area contributed by atoms with Crippen molar-refractivity contribution in [2.45, 2.75) is 39.3 Å². The van der Waals surface area contributed by atoms with Crippen LogP contribution in [0.2, 0.25) is 0 Å². The molecule has 0 fully saturated rings. The van der Waals surface area contributed by atoms with Gasteiger partial charge in [0.2, 0.25) is 5.91 Å². The molecule has 2 aromatic heterocycles. The number of carbonyl (C=O) groups is 1. The molecule has 0 aromatic carbocycles. The highest BCUT2D eigenvalue weighted by Crippen LogP contribution is 2.26. The molecule has 0 aliphatic heterocycles. The lowest BCUT2D eigenvalue weighted by molar-refractivity contribution is -0.122. The van der Waals surface area contributed by atoms with E-state index in [1.165, 1.54) is 4.88 Å². The van der Waals surface area contributed by atoms with Crippen molar-refractivity contribution >= 4 is 17.2 Å². The number of rotatable bonds is 6. The molecular formula is C15H21N3OS. The first-order valence-electron chi connectivity index (χ1n) is 6.90. The van der Waals surface area contributed by atoms with Crippen molar-refractivity contribution < 1.29 is 4.79 Å². The van der Waals surface area contributed by atoms with Gasteiger partial charge in [-0.1, -0.05) is 19.9 Å². The molecule has 2 atom stereocenters. The third-order valence-corrected chi connectivity index (χ3v) is 4.25. The molecule has 0 aliphatic carbocycles. The van der Waals surface area contributed by atoms with Crippen LogP contribution in [0.4, 0.5) is 0 Å². The molecule has 0 bridgehead atoms. The van der Waals surface area contributed by atoms with Crippen LogP contribution < -0.4 is 5.32 Å². The maximum Gasteiger partial charge on any atom is 0.222 e. The maximum atomic E-state index is 12.2. The molecule has 0 aliphatic rings. The van der Waals surface area contributed by atoms with Crippen LogP contribution in [-0.4, -0.2) is 15.7 Å². The average Bonchev–Trinajstić information content (AvgIpc) is 3.08. The van der Waals surface area contributed by atoms with Crippen molar-refractivity contribution in [3.8, 4) is 0 Å². The van der Waals surface area contributed by atoms with E-state index in [1.54, 1.807) is 17.5 Å². The Bertz CT molecular complexity index is 519. The van der Waals surface area contributed by atoms with Gasteiger partial charge in [0.05, 0.1) is 12.1 Å². The summed E-state index contributed by atoms with van der Waals surface area (Å²) >= 11 is 1.69. The lowest BCUT2D eigenvalue weighted by atomic mass is 10.0. The standard InChI is InChI=1S/C15H21N3OS/c1-11(2)15(13-6-4-9-20-13)17-14(19)10-12(3)18-8-5-7-16-18/h4-9,11-12,15H,10H2,1-3H3,(H,17,19). The minimum absolute atomic E-state index is 0.0695. The summed E-state index contributed by atoms with van der Waals surface area (Å²) < 4.78 is 1.81. The fourth-order valence-electron chi connectivity index (χ4n) is 2.17. The zero-order valence-corrected chi connectivity index (χ0v) is 12.9. The summed E-state index contributed by atoms with van der Waals surface area (Å²) in [6.45, 7) is 6.26. The Morgan fingerprint density at radius 3 is 2.75 bits per heavy atom. The van der Waals surface area contributed by atoms with Crippen LogP contribution >= 0.6 is 11.3 Å². The summed E-state index contributed by atoms with van der Waals surface area (Å²) in [6, 6.07) is 6.13. The largest absolute Gasteiger partial charge is 0.348 e. The highest BCUT2D eigenvalue weighted by atomic mass is 32.1. The van der Waals surface area contributed by atoms with Crippen molar-refractivity contribution in [3.05, 3.63) is 40.8 Å². The van der Waals surface area contributed by atoms with Gasteiger partial charge in [-0.3, -0.25) is 9.48 Å². The lowest BCUT2D eigenvalue weighted by Gasteiger charge is -2.22. The molecule has 5 heteroatoms. The molecule has 0 radical (unpaired) electrons. The summed E-state index contributed by atoms with van der Waals surface area (Å²) in [5, 5.41) is 9.36. The van der Waals surface area contributed by atoms with Gasteiger partial charge in [-0.15, -0.1) is 11.3 Å². The molecule has 2 heterocycles. The Balaban J connectivity index is 1.95. The smallest absolute Gasteiger partial charge is 0.222 e. The topological polar surface area (TPSA) is 46.9 Å². The third-order valence-electron chi connectivity index (χ3n) is 3.29. The predicted octanol–water partition coefficient (Wildman–Crippen LogP) is 3.41. The summed E-state index contributed by atoms with van der Waals surface area (Å²) in [5.41, 5.74) is 0. The van der Waals surface area contributed by atoms with Gasteiger partial charge < -0.3 is 5.32 Å². The summed E-state index contributed by atoms with van der Waals surface area (Å²) in [6.07, 6.45) is 4.06. The number of nitrogens with one attached hydrogen (secondary N) is 1. The van der Waals surface area contributed by atoms with Crippen molar-refractivity contribution in [1.29, 1.82) is 0 Å². The van der Waals surface area contributed by atoms with Gasteiger partial charge in [0.25, 0.3) is 0 Å². The fourth-order valence-corrected chi connectivity index (χ4v) is 3.12. The number of aromatic nitrogens is 2. The first kappa shape index (κ1) is 14.8. The van der Waals surface area contributed by atoms with E-state index < -0.39 is 0 Å². The third kappa shape index (κ3) is 3.70. The molecule has 2 aromatic rings. The molecule has 1 N–H and O–H groups in total. The number of nitrogens with zero attached hydrogens (tertiary/aromatic N) is 2. The maximum absolute atomic E-state index is 12.2. The van der Waals surface area contributed by atoms with Gasteiger partial charge >= 0.3 is 0 Å². The quantitative estimate of drug-likeness (QED) is 0.886. The Kier molecular flexibility index (Phi) is 4.95. The normalized spacial score (nSPS) is 14.2. The van der Waals surface area contributed by atoms with Gasteiger partial charge in [0.15, 0.2) is 0 Å². The Labute approximate surface area is 123 Å². The van der Waals surface area contributed by atoms with Crippen molar-refractivity contribution in [2.75, 3.05) is 0 Å². The van der Waals surface area contributed by atoms with Crippen molar-refractivity contribution in [2.24, 2.45) is 5.92 Å². The van der Waals surface area contributed by atoms with Crippen LogP contribution in [0.5, 0.6) is 0 Å². The fraction of sp³-hybridized carbons (Fsp3) is 0.467. The minimum atomic E-state index is 0.0695. The van der Waals surface area contributed by atoms with Crippen LogP contribution in [0.25, 0.3) is 0 Å². The van der Waals surface area contributed by atoms with E-state index in [9.17, 15) is 4.79 Å². The predicted molar refractivity (Wildman–Crippen MR) is 81.6 cm³/mol. The Morgan fingerprint density at radius 2 is 2.20 bits per heavy atom. The molecule has 20 heavy (non-hydrogen) atoms. The first-order chi connectivity index (χ1) is 9.58. The van der Waals surface area contributed by atoms with Crippen LogP contribution in [0.3, 0.4) is 0 Å². The molecule has 0 spiro atoms. The van der Waals surface area contributed by atoms with E-state index in [0.29, 0.717) is 12.3 Å². The first-order valence-corrected chi connectivity index (χ1v) is 7.77. The van der Waals surface area contributed by atoms with E-state index in [0.717, 1.165) is 0 Å². The molecule has 1 amide bonds. The van der Waals surface area contributed by atoms with E-state index in [4.69, 9.17) is 0 Å². The summed E-state index contributed by atoms with van der Waals surface area (Å²) in [7, 11) is 0. The van der Waals surface area contributed by atoms with E-state index in [-0.39, 0.29) is 18.0 Å². The molecular weight excluding hydrogens is 270 g/mol. The van der Waals surface area contributed by atoms with Gasteiger partial charge in [-0.25, -0.2) is 0 Å². The van der Waals surface area contributed by atoms with Crippen LogP contribution in [0.15, 0.2) is 36.0 Å². The van der Waals surface area contributed by atoms with Crippen LogP contribution in [0, 0.1) is 5.92 Å². The van der Waals surface area contributed by atoms with Gasteiger partial charge in [0.1, 0.15) is 0 Å². The second-order valence-corrected chi connectivity index (χ2v) is 6.32. The average molecular weight is 291 g/mol. The van der Waals surface area contributed by atoms with Crippen molar-refractivity contribution in [1.82, 2.24) is 15.1 Å². The van der Waals surface area contributed by atoms with E-state index in [1.807, 2.05) is 35.3 Å². The lowest BCUT2D eigenvalue weighted by Crippen LogP contribution is -2.32. The van der Waals surface area contributed by atoms with E-state index >= 15 is 0 Å². The number of carbonyl (C=O) groups excluding carboxylic acids is 1. The Hall–Kier alpha value is -1.62. The summed E-state index contributed by atoms with van der Waals surface area (Å²) in [4.78, 5) is 13.4. The molecule has 2 rings (SSSR count). The summed E-state index contributed by atoms with van der Waals surface area (Å²) in [5.74, 6) is 0.442. The highest BCUT2D eigenvalue weighted by Gasteiger charge is 2.20. The van der Waals surface area contributed by atoms with Crippen molar-refractivity contribution in [3.63, 3.8) is 0 Å². The van der Waals surface area contributed by atoms with Crippen LogP contribution in [-0.2, 0) is 4.79 Å². The number of amides is 1. The molecule has 0 saturated carbocycles. The van der Waals surface area contributed by atoms with Crippen LogP contribution in [0.1, 0.15) is 44.2 Å².